The first-order valence-electron chi connectivity index (χ1n) is 4.94. The third-order valence-electron chi connectivity index (χ3n) is 2.51. The number of aromatic nitrogens is 3. The van der Waals surface area contributed by atoms with E-state index in [1.54, 1.807) is 10.7 Å². The van der Waals surface area contributed by atoms with E-state index in [1.807, 2.05) is 12.1 Å². The molecule has 76 valence electrons. The Labute approximate surface area is 86.1 Å². The smallest absolute Gasteiger partial charge is 0.227 e. The molecule has 1 amide bonds. The average Bonchev–Trinajstić information content (AvgIpc) is 2.97. The standard InChI is InChI=1S/C10H10N4O/c15-10(7-3-4-7)13-8-2-1-5-14-9(8)11-6-12-14/h1-2,5-7H,3-4H2,(H,13,15). The lowest BCUT2D eigenvalue weighted by Crippen LogP contribution is -2.14. The van der Waals surface area contributed by atoms with Crippen molar-refractivity contribution in [1.82, 2.24) is 14.6 Å². The molecule has 0 bridgehead atoms. The van der Waals surface area contributed by atoms with Crippen molar-refractivity contribution in [3.8, 4) is 0 Å². The molecule has 0 saturated heterocycles. The number of nitrogens with one attached hydrogen (secondary N) is 1. The SMILES string of the molecule is O=C(Nc1cccn2ncnc12)C1CC1. The largest absolute Gasteiger partial charge is 0.323 e. The van der Waals surface area contributed by atoms with Gasteiger partial charge < -0.3 is 5.32 Å². The van der Waals surface area contributed by atoms with Crippen LogP contribution in [-0.2, 0) is 4.79 Å². The third kappa shape index (κ3) is 1.45. The molecular formula is C10H10N4O. The predicted octanol–water partition coefficient (Wildman–Crippen LogP) is 1.08. The Balaban J connectivity index is 1.95. The van der Waals surface area contributed by atoms with Crippen LogP contribution in [0.3, 0.4) is 0 Å². The van der Waals surface area contributed by atoms with Crippen LogP contribution >= 0.6 is 0 Å². The van der Waals surface area contributed by atoms with Gasteiger partial charge in [0.15, 0.2) is 5.65 Å². The summed E-state index contributed by atoms with van der Waals surface area (Å²) in [7, 11) is 0. The van der Waals surface area contributed by atoms with E-state index < -0.39 is 0 Å². The number of pyridine rings is 1. The zero-order valence-electron chi connectivity index (χ0n) is 8.05. The van der Waals surface area contributed by atoms with E-state index in [9.17, 15) is 4.79 Å². The number of nitrogens with zero attached hydrogens (tertiary/aromatic N) is 3. The van der Waals surface area contributed by atoms with E-state index in [2.05, 4.69) is 15.4 Å². The van der Waals surface area contributed by atoms with Crippen molar-refractivity contribution in [2.75, 3.05) is 5.32 Å². The predicted molar refractivity (Wildman–Crippen MR) is 54.3 cm³/mol. The maximum Gasteiger partial charge on any atom is 0.227 e. The van der Waals surface area contributed by atoms with Gasteiger partial charge in [-0.1, -0.05) is 0 Å². The second-order valence-corrected chi connectivity index (χ2v) is 3.71. The second kappa shape index (κ2) is 3.05. The molecule has 2 aromatic heterocycles. The maximum atomic E-state index is 11.6. The van der Waals surface area contributed by atoms with Crippen LogP contribution in [0.1, 0.15) is 12.8 Å². The molecule has 1 N–H and O–H groups in total. The molecule has 0 radical (unpaired) electrons. The molecule has 1 fully saturated rings. The zero-order chi connectivity index (χ0) is 10.3. The minimum atomic E-state index is 0.0890. The molecule has 5 heteroatoms. The summed E-state index contributed by atoms with van der Waals surface area (Å²) in [5.41, 5.74) is 1.42. The monoisotopic (exact) mass is 202 g/mol. The van der Waals surface area contributed by atoms with Gasteiger partial charge in [0.1, 0.15) is 6.33 Å². The van der Waals surface area contributed by atoms with Gasteiger partial charge in [-0.3, -0.25) is 4.79 Å². The van der Waals surface area contributed by atoms with E-state index >= 15 is 0 Å². The zero-order valence-corrected chi connectivity index (χ0v) is 8.05. The Morgan fingerprint density at radius 1 is 1.53 bits per heavy atom. The van der Waals surface area contributed by atoms with Crippen LogP contribution in [-0.4, -0.2) is 20.5 Å². The quantitative estimate of drug-likeness (QED) is 0.792. The Morgan fingerprint density at radius 2 is 2.40 bits per heavy atom. The Kier molecular flexibility index (Phi) is 1.71. The van der Waals surface area contributed by atoms with Crippen LogP contribution in [0.15, 0.2) is 24.7 Å². The minimum Gasteiger partial charge on any atom is -0.323 e. The Hall–Kier alpha value is -1.91. The summed E-state index contributed by atoms with van der Waals surface area (Å²) < 4.78 is 1.64. The molecule has 0 aliphatic heterocycles. The van der Waals surface area contributed by atoms with E-state index in [-0.39, 0.29) is 11.8 Å². The first-order valence-corrected chi connectivity index (χ1v) is 4.94. The van der Waals surface area contributed by atoms with Crippen molar-refractivity contribution >= 4 is 17.2 Å². The fourth-order valence-corrected chi connectivity index (χ4v) is 1.53. The van der Waals surface area contributed by atoms with Crippen molar-refractivity contribution in [3.63, 3.8) is 0 Å². The molecule has 2 aromatic rings. The Bertz CT molecular complexity index is 515. The molecular weight excluding hydrogens is 192 g/mol. The van der Waals surface area contributed by atoms with Crippen LogP contribution < -0.4 is 5.32 Å². The number of amides is 1. The highest BCUT2D eigenvalue weighted by Crippen LogP contribution is 2.30. The minimum absolute atomic E-state index is 0.0890. The number of carbonyl (C=O) groups is 1. The van der Waals surface area contributed by atoms with Crippen LogP contribution in [0.2, 0.25) is 0 Å². The van der Waals surface area contributed by atoms with Crippen molar-refractivity contribution in [2.45, 2.75) is 12.8 Å². The number of hydrogen-bond donors (Lipinski definition) is 1. The molecule has 3 rings (SSSR count). The number of hydrogen-bond acceptors (Lipinski definition) is 3. The molecule has 1 aliphatic carbocycles. The summed E-state index contributed by atoms with van der Waals surface area (Å²) in [6.07, 6.45) is 5.28. The van der Waals surface area contributed by atoms with Gasteiger partial charge >= 0.3 is 0 Å². The molecule has 15 heavy (non-hydrogen) atoms. The fraction of sp³-hybridized carbons (Fsp3) is 0.300. The van der Waals surface area contributed by atoms with Gasteiger partial charge in [0.2, 0.25) is 5.91 Å². The van der Waals surface area contributed by atoms with Gasteiger partial charge in [0.25, 0.3) is 0 Å². The van der Waals surface area contributed by atoms with Gasteiger partial charge in [-0.25, -0.2) is 9.50 Å². The molecule has 1 aliphatic rings. The summed E-state index contributed by atoms with van der Waals surface area (Å²) in [6, 6.07) is 3.68. The van der Waals surface area contributed by atoms with Crippen LogP contribution in [0.4, 0.5) is 5.69 Å². The van der Waals surface area contributed by atoms with Crippen molar-refractivity contribution < 1.29 is 4.79 Å². The highest BCUT2D eigenvalue weighted by Gasteiger charge is 2.29. The molecule has 2 heterocycles. The molecule has 5 nitrogen and oxygen atoms in total. The van der Waals surface area contributed by atoms with Gasteiger partial charge in [-0.2, -0.15) is 5.10 Å². The maximum absolute atomic E-state index is 11.6. The summed E-state index contributed by atoms with van der Waals surface area (Å²) >= 11 is 0. The number of fused-ring (bicyclic) bond motifs is 1. The van der Waals surface area contributed by atoms with E-state index in [1.165, 1.54) is 6.33 Å². The number of rotatable bonds is 2. The molecule has 0 aromatic carbocycles. The summed E-state index contributed by atoms with van der Waals surface area (Å²) in [4.78, 5) is 15.7. The lowest BCUT2D eigenvalue weighted by atomic mass is 10.3. The van der Waals surface area contributed by atoms with E-state index in [0.29, 0.717) is 5.65 Å². The van der Waals surface area contributed by atoms with Crippen LogP contribution in [0.5, 0.6) is 0 Å². The topological polar surface area (TPSA) is 59.3 Å². The molecule has 0 spiro atoms. The lowest BCUT2D eigenvalue weighted by Gasteiger charge is -2.04. The van der Waals surface area contributed by atoms with Crippen molar-refractivity contribution in [2.24, 2.45) is 5.92 Å². The number of anilines is 1. The van der Waals surface area contributed by atoms with E-state index in [0.717, 1.165) is 18.5 Å². The highest BCUT2D eigenvalue weighted by atomic mass is 16.2. The normalized spacial score (nSPS) is 15.5. The third-order valence-corrected chi connectivity index (χ3v) is 2.51. The van der Waals surface area contributed by atoms with Gasteiger partial charge in [-0.05, 0) is 25.0 Å². The highest BCUT2D eigenvalue weighted by molar-refractivity contribution is 5.96. The second-order valence-electron chi connectivity index (χ2n) is 3.71. The summed E-state index contributed by atoms with van der Waals surface area (Å²) in [5.74, 6) is 0.291. The fourth-order valence-electron chi connectivity index (χ4n) is 1.53. The van der Waals surface area contributed by atoms with Crippen molar-refractivity contribution in [3.05, 3.63) is 24.7 Å². The van der Waals surface area contributed by atoms with Gasteiger partial charge in [0.05, 0.1) is 5.69 Å². The first kappa shape index (κ1) is 8.40. The van der Waals surface area contributed by atoms with Gasteiger partial charge in [0, 0.05) is 12.1 Å². The molecule has 0 unspecified atom stereocenters. The average molecular weight is 202 g/mol. The van der Waals surface area contributed by atoms with Crippen molar-refractivity contribution in [1.29, 1.82) is 0 Å². The van der Waals surface area contributed by atoms with Gasteiger partial charge in [-0.15, -0.1) is 0 Å². The molecule has 0 atom stereocenters. The first-order chi connectivity index (χ1) is 7.34. The van der Waals surface area contributed by atoms with Crippen LogP contribution in [0.25, 0.3) is 5.65 Å². The summed E-state index contributed by atoms with van der Waals surface area (Å²) in [6.45, 7) is 0. The summed E-state index contributed by atoms with van der Waals surface area (Å²) in [5, 5.41) is 6.87. The lowest BCUT2D eigenvalue weighted by molar-refractivity contribution is -0.117. The van der Waals surface area contributed by atoms with Crippen LogP contribution in [0, 0.1) is 5.92 Å². The Morgan fingerprint density at radius 3 is 3.20 bits per heavy atom. The molecule has 1 saturated carbocycles. The van der Waals surface area contributed by atoms with E-state index in [4.69, 9.17) is 0 Å². The number of carbonyl (C=O) groups excluding carboxylic acids is 1.